The van der Waals surface area contributed by atoms with Crippen LogP contribution in [0, 0.1) is 5.82 Å². The number of halogens is 1. The summed E-state index contributed by atoms with van der Waals surface area (Å²) in [4.78, 5) is 16.4. The van der Waals surface area contributed by atoms with Crippen molar-refractivity contribution in [2.75, 3.05) is 6.54 Å². The molecular weight excluding hydrogens is 321 g/mol. The predicted octanol–water partition coefficient (Wildman–Crippen LogP) is 2.59. The van der Waals surface area contributed by atoms with E-state index in [4.69, 9.17) is 0 Å². The number of rotatable bonds is 6. The molecule has 0 aliphatic carbocycles. The molecule has 1 aromatic heterocycles. The summed E-state index contributed by atoms with van der Waals surface area (Å²) < 4.78 is 14.9. The van der Waals surface area contributed by atoms with Gasteiger partial charge >= 0.3 is 0 Å². The van der Waals surface area contributed by atoms with Crippen LogP contribution in [0.4, 0.5) is 4.39 Å². The van der Waals surface area contributed by atoms with Crippen LogP contribution in [0.25, 0.3) is 11.0 Å². The highest BCUT2D eigenvalue weighted by Crippen LogP contribution is 2.20. The Morgan fingerprint density at radius 1 is 1.24 bits per heavy atom. The van der Waals surface area contributed by atoms with Crippen LogP contribution in [0.1, 0.15) is 18.9 Å². The minimum Gasteiger partial charge on any atom is -0.384 e. The number of para-hydroxylation sites is 2. The van der Waals surface area contributed by atoms with E-state index in [0.717, 1.165) is 11.0 Å². The van der Waals surface area contributed by atoms with Gasteiger partial charge in [-0.25, -0.2) is 9.37 Å². The van der Waals surface area contributed by atoms with Gasteiger partial charge in [0, 0.05) is 13.0 Å². The third kappa shape index (κ3) is 4.03. The number of fused-ring (bicyclic) bond motifs is 1. The van der Waals surface area contributed by atoms with Gasteiger partial charge in [-0.05, 0) is 36.8 Å². The van der Waals surface area contributed by atoms with E-state index in [-0.39, 0.29) is 24.7 Å². The summed E-state index contributed by atoms with van der Waals surface area (Å²) >= 11 is 0. The Hall–Kier alpha value is -2.73. The van der Waals surface area contributed by atoms with Gasteiger partial charge in [0.2, 0.25) is 5.91 Å². The minimum absolute atomic E-state index is 0.0577. The number of nitrogens with zero attached hydrogens (tertiary/aromatic N) is 2. The largest absolute Gasteiger partial charge is 0.384 e. The van der Waals surface area contributed by atoms with E-state index < -0.39 is 5.60 Å². The molecule has 1 heterocycles. The van der Waals surface area contributed by atoms with Crippen molar-refractivity contribution in [3.05, 3.63) is 66.2 Å². The molecule has 0 radical (unpaired) electrons. The molecule has 2 aromatic carbocycles. The third-order valence-electron chi connectivity index (χ3n) is 4.20. The first-order valence-electron chi connectivity index (χ1n) is 8.11. The first kappa shape index (κ1) is 17.1. The molecule has 0 spiro atoms. The average molecular weight is 341 g/mol. The molecule has 6 heteroatoms. The number of aromatic nitrogens is 2. The fourth-order valence-electron chi connectivity index (χ4n) is 2.68. The highest BCUT2D eigenvalue weighted by atomic mass is 19.1. The molecule has 3 aromatic rings. The topological polar surface area (TPSA) is 67.2 Å². The van der Waals surface area contributed by atoms with E-state index >= 15 is 0 Å². The molecule has 0 fully saturated rings. The van der Waals surface area contributed by atoms with Crippen LogP contribution in [0.2, 0.25) is 0 Å². The molecule has 1 unspecified atom stereocenters. The fraction of sp³-hybridized carbons (Fsp3) is 0.263. The zero-order chi connectivity index (χ0) is 17.9. The first-order chi connectivity index (χ1) is 12.0. The van der Waals surface area contributed by atoms with E-state index in [2.05, 4.69) is 10.3 Å². The minimum atomic E-state index is -1.26. The molecule has 2 N–H and O–H groups in total. The molecule has 1 atom stereocenters. The molecule has 0 saturated heterocycles. The highest BCUT2D eigenvalue weighted by molar-refractivity contribution is 5.77. The maximum Gasteiger partial charge on any atom is 0.221 e. The number of hydrogen-bond acceptors (Lipinski definition) is 3. The van der Waals surface area contributed by atoms with Gasteiger partial charge in [0.25, 0.3) is 0 Å². The Morgan fingerprint density at radius 2 is 1.96 bits per heavy atom. The summed E-state index contributed by atoms with van der Waals surface area (Å²) in [6.07, 6.45) is 1.99. The maximum absolute atomic E-state index is 13.0. The van der Waals surface area contributed by atoms with Crippen LogP contribution in [-0.2, 0) is 16.9 Å². The van der Waals surface area contributed by atoms with Crippen molar-refractivity contribution in [1.82, 2.24) is 14.9 Å². The van der Waals surface area contributed by atoms with Gasteiger partial charge in [0.05, 0.1) is 23.9 Å². The van der Waals surface area contributed by atoms with E-state index in [1.54, 1.807) is 13.3 Å². The lowest BCUT2D eigenvalue weighted by Gasteiger charge is -2.24. The Balaban J connectivity index is 1.55. The van der Waals surface area contributed by atoms with Gasteiger partial charge in [-0.3, -0.25) is 4.79 Å². The Morgan fingerprint density at radius 3 is 2.72 bits per heavy atom. The maximum atomic E-state index is 13.0. The summed E-state index contributed by atoms with van der Waals surface area (Å²) in [5.41, 5.74) is 1.16. The summed E-state index contributed by atoms with van der Waals surface area (Å²) in [6, 6.07) is 13.3. The number of benzene rings is 2. The molecular formula is C19H20FN3O2. The second kappa shape index (κ2) is 7.03. The van der Waals surface area contributed by atoms with Crippen molar-refractivity contribution in [3.8, 4) is 0 Å². The number of imidazole rings is 1. The van der Waals surface area contributed by atoms with Crippen molar-refractivity contribution < 1.29 is 14.3 Å². The molecule has 0 bridgehead atoms. The smallest absolute Gasteiger partial charge is 0.221 e. The Kier molecular flexibility index (Phi) is 4.81. The van der Waals surface area contributed by atoms with Crippen LogP contribution in [0.3, 0.4) is 0 Å². The second-order valence-corrected chi connectivity index (χ2v) is 6.23. The van der Waals surface area contributed by atoms with Crippen molar-refractivity contribution in [3.63, 3.8) is 0 Å². The summed E-state index contributed by atoms with van der Waals surface area (Å²) in [5, 5.41) is 13.2. The van der Waals surface area contributed by atoms with Crippen LogP contribution in [0.15, 0.2) is 54.9 Å². The summed E-state index contributed by atoms with van der Waals surface area (Å²) in [5.74, 6) is -0.531. The van der Waals surface area contributed by atoms with Crippen molar-refractivity contribution in [2.24, 2.45) is 0 Å². The zero-order valence-corrected chi connectivity index (χ0v) is 13.9. The molecule has 130 valence electrons. The zero-order valence-electron chi connectivity index (χ0n) is 13.9. The molecule has 1 amide bonds. The molecule has 0 saturated carbocycles. The number of carbonyl (C=O) groups is 1. The van der Waals surface area contributed by atoms with Gasteiger partial charge in [0.1, 0.15) is 11.4 Å². The summed E-state index contributed by atoms with van der Waals surface area (Å²) in [7, 11) is 0. The van der Waals surface area contributed by atoms with Crippen LogP contribution in [0.5, 0.6) is 0 Å². The Labute approximate surface area is 145 Å². The highest BCUT2D eigenvalue weighted by Gasteiger charge is 2.23. The predicted molar refractivity (Wildman–Crippen MR) is 93.3 cm³/mol. The number of aryl methyl sites for hydroxylation is 1. The van der Waals surface area contributed by atoms with E-state index in [9.17, 15) is 14.3 Å². The average Bonchev–Trinajstić information content (AvgIpc) is 3.02. The van der Waals surface area contributed by atoms with Gasteiger partial charge in [-0.2, -0.15) is 0 Å². The Bertz CT molecular complexity index is 872. The molecule has 0 aliphatic rings. The van der Waals surface area contributed by atoms with Crippen molar-refractivity contribution >= 4 is 16.9 Å². The van der Waals surface area contributed by atoms with E-state index in [1.807, 2.05) is 28.8 Å². The quantitative estimate of drug-likeness (QED) is 0.724. The second-order valence-electron chi connectivity index (χ2n) is 6.23. The van der Waals surface area contributed by atoms with E-state index in [1.165, 1.54) is 24.3 Å². The number of hydrogen-bond donors (Lipinski definition) is 2. The van der Waals surface area contributed by atoms with Crippen LogP contribution >= 0.6 is 0 Å². The standard InChI is InChI=1S/C19H20FN3O2/c1-19(25,14-6-8-15(20)9-7-14)12-21-18(24)10-11-23-13-22-16-4-2-3-5-17(16)23/h2-9,13,25H,10-12H2,1H3,(H,21,24). The number of carbonyl (C=O) groups excluding carboxylic acids is 1. The van der Waals surface area contributed by atoms with Gasteiger partial charge in [-0.15, -0.1) is 0 Å². The number of aliphatic hydroxyl groups is 1. The molecule has 3 rings (SSSR count). The summed E-state index contributed by atoms with van der Waals surface area (Å²) in [6.45, 7) is 2.15. The van der Waals surface area contributed by atoms with Gasteiger partial charge in [-0.1, -0.05) is 24.3 Å². The normalized spacial score (nSPS) is 13.6. The van der Waals surface area contributed by atoms with Crippen molar-refractivity contribution in [1.29, 1.82) is 0 Å². The van der Waals surface area contributed by atoms with Crippen LogP contribution < -0.4 is 5.32 Å². The lowest BCUT2D eigenvalue weighted by atomic mass is 9.96. The fourth-order valence-corrected chi connectivity index (χ4v) is 2.68. The number of nitrogens with one attached hydrogen (secondary N) is 1. The monoisotopic (exact) mass is 341 g/mol. The SMILES string of the molecule is CC(O)(CNC(=O)CCn1cnc2ccccc21)c1ccc(F)cc1. The van der Waals surface area contributed by atoms with Crippen LogP contribution in [-0.4, -0.2) is 27.1 Å². The van der Waals surface area contributed by atoms with Gasteiger partial charge in [0.15, 0.2) is 0 Å². The molecule has 0 aliphatic heterocycles. The lowest BCUT2D eigenvalue weighted by molar-refractivity contribution is -0.122. The van der Waals surface area contributed by atoms with Crippen molar-refractivity contribution in [2.45, 2.75) is 25.5 Å². The molecule has 5 nitrogen and oxygen atoms in total. The third-order valence-corrected chi connectivity index (χ3v) is 4.20. The first-order valence-corrected chi connectivity index (χ1v) is 8.11. The number of amides is 1. The van der Waals surface area contributed by atoms with Gasteiger partial charge < -0.3 is 15.0 Å². The van der Waals surface area contributed by atoms with E-state index in [0.29, 0.717) is 12.1 Å². The lowest BCUT2D eigenvalue weighted by Crippen LogP contribution is -2.38. The molecule has 25 heavy (non-hydrogen) atoms.